The van der Waals surface area contributed by atoms with Crippen LogP contribution in [0.15, 0.2) is 0 Å². The third-order valence-corrected chi connectivity index (χ3v) is 4.38. The van der Waals surface area contributed by atoms with Gasteiger partial charge in [0, 0.05) is 25.2 Å². The first-order chi connectivity index (χ1) is 8.66. The summed E-state index contributed by atoms with van der Waals surface area (Å²) in [5, 5.41) is 3.42. The first-order valence-corrected chi connectivity index (χ1v) is 7.34. The summed E-state index contributed by atoms with van der Waals surface area (Å²) in [6.07, 6.45) is 7.47. The van der Waals surface area contributed by atoms with Crippen LogP contribution in [0.1, 0.15) is 38.5 Å². The van der Waals surface area contributed by atoms with Crippen molar-refractivity contribution >= 4 is 5.91 Å². The van der Waals surface area contributed by atoms with E-state index in [-0.39, 0.29) is 5.91 Å². The van der Waals surface area contributed by atoms with Crippen LogP contribution in [0, 0.1) is 0 Å². The van der Waals surface area contributed by atoms with E-state index in [1.54, 1.807) is 0 Å². The molecule has 1 saturated carbocycles. The summed E-state index contributed by atoms with van der Waals surface area (Å²) >= 11 is 0. The maximum Gasteiger partial charge on any atom is 0.236 e. The number of rotatable bonds is 4. The zero-order valence-corrected chi connectivity index (χ0v) is 11.8. The van der Waals surface area contributed by atoms with Crippen LogP contribution in [0.4, 0.5) is 0 Å². The first kappa shape index (κ1) is 13.8. The van der Waals surface area contributed by atoms with Gasteiger partial charge < -0.3 is 15.1 Å². The van der Waals surface area contributed by atoms with Gasteiger partial charge in [0.15, 0.2) is 0 Å². The molecule has 4 nitrogen and oxygen atoms in total. The first-order valence-electron chi connectivity index (χ1n) is 7.34. The summed E-state index contributed by atoms with van der Waals surface area (Å²) in [5.41, 5.74) is 0. The highest BCUT2D eigenvalue weighted by Crippen LogP contribution is 2.18. The molecule has 1 unspecified atom stereocenters. The Morgan fingerprint density at radius 2 is 1.94 bits per heavy atom. The number of piperidine rings is 1. The monoisotopic (exact) mass is 253 g/mol. The van der Waals surface area contributed by atoms with Crippen LogP contribution in [0.3, 0.4) is 0 Å². The molecule has 2 aliphatic rings. The molecule has 0 spiro atoms. The van der Waals surface area contributed by atoms with Crippen LogP contribution < -0.4 is 5.32 Å². The minimum Gasteiger partial charge on any atom is -0.340 e. The van der Waals surface area contributed by atoms with Crippen molar-refractivity contribution in [1.29, 1.82) is 0 Å². The molecular formula is C14H27N3O. The van der Waals surface area contributed by atoms with E-state index in [1.807, 2.05) is 4.90 Å². The molecule has 1 aliphatic carbocycles. The molecule has 0 aromatic carbocycles. The minimum atomic E-state index is 0.286. The molecule has 0 radical (unpaired) electrons. The molecule has 4 heteroatoms. The van der Waals surface area contributed by atoms with Crippen LogP contribution in [-0.4, -0.2) is 61.5 Å². The van der Waals surface area contributed by atoms with E-state index < -0.39 is 0 Å². The quantitative estimate of drug-likeness (QED) is 0.814. The van der Waals surface area contributed by atoms with Crippen LogP contribution >= 0.6 is 0 Å². The summed E-state index contributed by atoms with van der Waals surface area (Å²) in [4.78, 5) is 16.4. The van der Waals surface area contributed by atoms with Crippen molar-refractivity contribution in [2.45, 2.75) is 50.6 Å². The molecule has 18 heavy (non-hydrogen) atoms. The number of hydrogen-bond acceptors (Lipinski definition) is 3. The zero-order chi connectivity index (χ0) is 13.0. The minimum absolute atomic E-state index is 0.286. The van der Waals surface area contributed by atoms with Gasteiger partial charge in [-0.05, 0) is 39.8 Å². The molecule has 1 heterocycles. The fraction of sp³-hybridized carbons (Fsp3) is 0.929. The van der Waals surface area contributed by atoms with E-state index in [0.29, 0.717) is 18.6 Å². The van der Waals surface area contributed by atoms with Gasteiger partial charge in [0.1, 0.15) is 0 Å². The number of carbonyl (C=O) groups is 1. The molecule has 2 fully saturated rings. The van der Waals surface area contributed by atoms with Gasteiger partial charge in [0.05, 0.1) is 6.54 Å². The Labute approximate surface area is 111 Å². The third-order valence-electron chi connectivity index (χ3n) is 4.38. The van der Waals surface area contributed by atoms with Gasteiger partial charge in [-0.25, -0.2) is 0 Å². The summed E-state index contributed by atoms with van der Waals surface area (Å²) in [6.45, 7) is 2.37. The Morgan fingerprint density at radius 1 is 1.22 bits per heavy atom. The van der Waals surface area contributed by atoms with Gasteiger partial charge in [-0.2, -0.15) is 0 Å². The Hall–Kier alpha value is -0.610. The van der Waals surface area contributed by atoms with Crippen molar-refractivity contribution in [3.8, 4) is 0 Å². The smallest absolute Gasteiger partial charge is 0.236 e. The highest BCUT2D eigenvalue weighted by Gasteiger charge is 2.25. The second-order valence-corrected chi connectivity index (χ2v) is 5.96. The van der Waals surface area contributed by atoms with Gasteiger partial charge in [-0.3, -0.25) is 4.79 Å². The fourth-order valence-corrected chi connectivity index (χ4v) is 3.08. The summed E-state index contributed by atoms with van der Waals surface area (Å²) in [6, 6.07) is 1.12. The number of hydrogen-bond donors (Lipinski definition) is 1. The molecule has 1 amide bonds. The molecule has 104 valence electrons. The molecule has 2 rings (SSSR count). The molecule has 1 N–H and O–H groups in total. The van der Waals surface area contributed by atoms with Crippen molar-refractivity contribution in [3.05, 3.63) is 0 Å². The van der Waals surface area contributed by atoms with E-state index in [9.17, 15) is 4.79 Å². The van der Waals surface area contributed by atoms with Gasteiger partial charge in [0.25, 0.3) is 0 Å². The normalized spacial score (nSPS) is 25.9. The van der Waals surface area contributed by atoms with Gasteiger partial charge in [0.2, 0.25) is 5.91 Å². The SMILES string of the molecule is CN(C)C1CCCN(C(=O)CNC2CCCC2)C1. The number of nitrogens with zero attached hydrogens (tertiary/aromatic N) is 2. The Kier molecular flexibility index (Phi) is 5.01. The third kappa shape index (κ3) is 3.69. The van der Waals surface area contributed by atoms with Gasteiger partial charge in [-0.15, -0.1) is 0 Å². The Morgan fingerprint density at radius 3 is 2.61 bits per heavy atom. The summed E-state index contributed by atoms with van der Waals surface area (Å²) in [7, 11) is 4.21. The number of likely N-dealkylation sites (tertiary alicyclic amines) is 1. The fourth-order valence-electron chi connectivity index (χ4n) is 3.08. The van der Waals surface area contributed by atoms with E-state index in [2.05, 4.69) is 24.3 Å². The molecule has 0 bridgehead atoms. The molecular weight excluding hydrogens is 226 g/mol. The van der Waals surface area contributed by atoms with E-state index in [1.165, 1.54) is 32.1 Å². The molecule has 1 aliphatic heterocycles. The maximum absolute atomic E-state index is 12.2. The van der Waals surface area contributed by atoms with E-state index in [4.69, 9.17) is 0 Å². The highest BCUT2D eigenvalue weighted by atomic mass is 16.2. The molecule has 1 saturated heterocycles. The van der Waals surface area contributed by atoms with Crippen molar-refractivity contribution in [3.63, 3.8) is 0 Å². The van der Waals surface area contributed by atoms with Crippen LogP contribution in [0.25, 0.3) is 0 Å². The van der Waals surface area contributed by atoms with Crippen molar-refractivity contribution in [2.24, 2.45) is 0 Å². The van der Waals surface area contributed by atoms with Crippen LogP contribution in [0.5, 0.6) is 0 Å². The predicted molar refractivity (Wildman–Crippen MR) is 73.5 cm³/mol. The van der Waals surface area contributed by atoms with Crippen molar-refractivity contribution in [2.75, 3.05) is 33.7 Å². The van der Waals surface area contributed by atoms with Gasteiger partial charge >= 0.3 is 0 Å². The average Bonchev–Trinajstić information content (AvgIpc) is 2.89. The lowest BCUT2D eigenvalue weighted by molar-refractivity contribution is -0.132. The van der Waals surface area contributed by atoms with Crippen molar-refractivity contribution in [1.82, 2.24) is 15.1 Å². The second-order valence-electron chi connectivity index (χ2n) is 5.96. The second kappa shape index (κ2) is 6.53. The topological polar surface area (TPSA) is 35.6 Å². The van der Waals surface area contributed by atoms with Crippen molar-refractivity contribution < 1.29 is 4.79 Å². The van der Waals surface area contributed by atoms with Crippen LogP contribution in [0.2, 0.25) is 0 Å². The van der Waals surface area contributed by atoms with Gasteiger partial charge in [-0.1, -0.05) is 12.8 Å². The number of carbonyl (C=O) groups excluding carboxylic acids is 1. The Balaban J connectivity index is 1.73. The lowest BCUT2D eigenvalue weighted by atomic mass is 10.0. The number of amides is 1. The number of likely N-dealkylation sites (N-methyl/N-ethyl adjacent to an activating group) is 1. The average molecular weight is 253 g/mol. The standard InChI is InChI=1S/C14H27N3O/c1-16(2)13-8-5-9-17(11-13)14(18)10-15-12-6-3-4-7-12/h12-13,15H,3-11H2,1-2H3. The molecule has 0 aromatic heterocycles. The predicted octanol–water partition coefficient (Wildman–Crippen LogP) is 1.07. The zero-order valence-electron chi connectivity index (χ0n) is 11.8. The van der Waals surface area contributed by atoms with Crippen LogP contribution in [-0.2, 0) is 4.79 Å². The molecule has 0 aromatic rings. The Bertz CT molecular complexity index is 274. The maximum atomic E-state index is 12.2. The largest absolute Gasteiger partial charge is 0.340 e. The summed E-state index contributed by atoms with van der Waals surface area (Å²) < 4.78 is 0. The number of nitrogens with one attached hydrogen (secondary N) is 1. The lowest BCUT2D eigenvalue weighted by Crippen LogP contribution is -2.50. The molecule has 1 atom stereocenters. The highest BCUT2D eigenvalue weighted by molar-refractivity contribution is 5.78. The van der Waals surface area contributed by atoms with E-state index in [0.717, 1.165) is 19.5 Å². The lowest BCUT2D eigenvalue weighted by Gasteiger charge is -2.36. The van der Waals surface area contributed by atoms with E-state index >= 15 is 0 Å². The summed E-state index contributed by atoms with van der Waals surface area (Å²) in [5.74, 6) is 0.286.